The number of rotatable bonds is 6. The fourth-order valence-electron chi connectivity index (χ4n) is 2.96. The fraction of sp³-hybridized carbons (Fsp3) is 0.444. The van der Waals surface area contributed by atoms with Gasteiger partial charge in [0.25, 0.3) is 5.56 Å². The van der Waals surface area contributed by atoms with E-state index in [-0.39, 0.29) is 5.56 Å². The molecule has 1 aromatic heterocycles. The molecule has 3 rings (SSSR count). The van der Waals surface area contributed by atoms with Gasteiger partial charge in [0, 0.05) is 49.3 Å². The van der Waals surface area contributed by atoms with Crippen molar-refractivity contribution in [3.05, 3.63) is 58.0 Å². The summed E-state index contributed by atoms with van der Waals surface area (Å²) >= 11 is 0. The highest BCUT2D eigenvalue weighted by Crippen LogP contribution is 2.15. The number of aryl methyl sites for hydroxylation is 1. The van der Waals surface area contributed by atoms with Crippen molar-refractivity contribution in [2.75, 3.05) is 18.8 Å². The van der Waals surface area contributed by atoms with Crippen LogP contribution in [-0.4, -0.2) is 37.7 Å². The molecule has 0 aliphatic carbocycles. The molecule has 1 aliphatic rings. The van der Waals surface area contributed by atoms with Crippen LogP contribution in [0.25, 0.3) is 0 Å². The maximum Gasteiger partial charge on any atom is 0.267 e. The lowest BCUT2D eigenvalue weighted by atomic mass is 10.1. The summed E-state index contributed by atoms with van der Waals surface area (Å²) < 4.78 is 13.9. The van der Waals surface area contributed by atoms with Gasteiger partial charge in [0.2, 0.25) is 0 Å². The molecule has 6 heteroatoms. The minimum atomic E-state index is -0.977. The summed E-state index contributed by atoms with van der Waals surface area (Å²) in [6.45, 7) is 5.10. The molecular weight excluding hydrogens is 322 g/mol. The Morgan fingerprint density at radius 2 is 2.00 bits per heavy atom. The minimum absolute atomic E-state index is 0.0229. The second-order valence-corrected chi connectivity index (χ2v) is 7.64. The van der Waals surface area contributed by atoms with Gasteiger partial charge >= 0.3 is 0 Å². The summed E-state index contributed by atoms with van der Waals surface area (Å²) in [5, 5.41) is 4.50. The molecule has 1 aliphatic heterocycles. The summed E-state index contributed by atoms with van der Waals surface area (Å²) in [4.78, 5) is 15.2. The average molecular weight is 345 g/mol. The zero-order valence-electron chi connectivity index (χ0n) is 14.0. The molecule has 2 aromatic rings. The van der Waals surface area contributed by atoms with Crippen LogP contribution in [-0.2, 0) is 30.3 Å². The third-order valence-electron chi connectivity index (χ3n) is 4.26. The number of benzene rings is 1. The van der Waals surface area contributed by atoms with E-state index in [4.69, 9.17) is 0 Å². The van der Waals surface area contributed by atoms with Gasteiger partial charge in [-0.05, 0) is 24.1 Å². The third-order valence-corrected chi connectivity index (χ3v) is 5.61. The molecule has 0 radical (unpaired) electrons. The van der Waals surface area contributed by atoms with E-state index in [0.29, 0.717) is 12.3 Å². The normalized spacial score (nSPS) is 15.9. The Kier molecular flexibility index (Phi) is 5.58. The second kappa shape index (κ2) is 7.85. The Morgan fingerprint density at radius 1 is 1.21 bits per heavy atom. The lowest BCUT2D eigenvalue weighted by Gasteiger charge is -2.28. The molecule has 0 saturated carbocycles. The van der Waals surface area contributed by atoms with Gasteiger partial charge in [-0.15, -0.1) is 0 Å². The summed E-state index contributed by atoms with van der Waals surface area (Å²) in [6, 6.07) is 11.3. The van der Waals surface area contributed by atoms with Crippen LogP contribution >= 0.6 is 0 Å². The number of nitrogens with zero attached hydrogens (tertiary/aromatic N) is 3. The molecule has 0 amide bonds. The van der Waals surface area contributed by atoms with Gasteiger partial charge in [0.15, 0.2) is 0 Å². The van der Waals surface area contributed by atoms with Crippen molar-refractivity contribution in [1.29, 1.82) is 0 Å². The van der Waals surface area contributed by atoms with Crippen molar-refractivity contribution in [2.24, 2.45) is 0 Å². The van der Waals surface area contributed by atoms with E-state index in [9.17, 15) is 9.00 Å². The van der Waals surface area contributed by atoms with Crippen LogP contribution in [0.2, 0.25) is 0 Å². The molecule has 0 fully saturated rings. The number of hydrogen-bond acceptors (Lipinski definition) is 4. The van der Waals surface area contributed by atoms with E-state index >= 15 is 0 Å². The summed E-state index contributed by atoms with van der Waals surface area (Å²) in [7, 11) is -0.977. The molecule has 1 aromatic carbocycles. The van der Waals surface area contributed by atoms with Gasteiger partial charge in [-0.25, -0.2) is 4.68 Å². The SMILES string of the molecule is CCCn1nc2c(cc1=O)CN(CC[S@](=O)c1ccccc1)CC2. The molecular formula is C18H23N3O2S. The first-order valence-electron chi connectivity index (χ1n) is 8.43. The highest BCUT2D eigenvalue weighted by Gasteiger charge is 2.19. The standard InChI is InChI=1S/C18H23N3O2S/c1-2-9-21-18(22)13-15-14-20(10-8-17(15)19-21)11-12-24(23)16-6-4-3-5-7-16/h3-7,13H,2,8-12,14H2,1H3/t24-/m0/s1. The van der Waals surface area contributed by atoms with Crippen molar-refractivity contribution in [2.45, 2.75) is 37.8 Å². The molecule has 0 unspecified atom stereocenters. The molecule has 0 spiro atoms. The quantitative estimate of drug-likeness (QED) is 0.801. The maximum absolute atomic E-state index is 12.3. The number of aromatic nitrogens is 2. The fourth-order valence-corrected chi connectivity index (χ4v) is 4.08. The van der Waals surface area contributed by atoms with Gasteiger partial charge in [0.1, 0.15) is 0 Å². The van der Waals surface area contributed by atoms with Crippen LogP contribution in [0.5, 0.6) is 0 Å². The first-order valence-corrected chi connectivity index (χ1v) is 9.75. The van der Waals surface area contributed by atoms with E-state index in [2.05, 4.69) is 10.00 Å². The third kappa shape index (κ3) is 3.99. The lowest BCUT2D eigenvalue weighted by Crippen LogP contribution is -2.36. The molecule has 5 nitrogen and oxygen atoms in total. The van der Waals surface area contributed by atoms with Gasteiger partial charge in [0.05, 0.1) is 16.5 Å². The first kappa shape index (κ1) is 17.0. The number of fused-ring (bicyclic) bond motifs is 1. The van der Waals surface area contributed by atoms with Crippen LogP contribution < -0.4 is 5.56 Å². The number of hydrogen-bond donors (Lipinski definition) is 0. The molecule has 1 atom stereocenters. The summed E-state index contributed by atoms with van der Waals surface area (Å²) in [5.74, 6) is 0.611. The average Bonchev–Trinajstić information content (AvgIpc) is 2.61. The van der Waals surface area contributed by atoms with Gasteiger partial charge in [-0.3, -0.25) is 13.9 Å². The minimum Gasteiger partial charge on any atom is -0.298 e. The molecule has 0 bridgehead atoms. The Hall–Kier alpha value is -1.79. The van der Waals surface area contributed by atoms with Crippen LogP contribution in [0.4, 0.5) is 0 Å². The van der Waals surface area contributed by atoms with Crippen molar-refractivity contribution >= 4 is 10.8 Å². The zero-order valence-corrected chi connectivity index (χ0v) is 14.8. The zero-order chi connectivity index (χ0) is 16.9. The van der Waals surface area contributed by atoms with Crippen LogP contribution in [0.3, 0.4) is 0 Å². The van der Waals surface area contributed by atoms with E-state index in [1.807, 2.05) is 37.3 Å². The Balaban J connectivity index is 1.62. The van der Waals surface area contributed by atoms with E-state index < -0.39 is 10.8 Å². The lowest BCUT2D eigenvalue weighted by molar-refractivity contribution is 0.264. The first-order chi connectivity index (χ1) is 11.7. The Bertz CT molecular complexity index is 774. The van der Waals surface area contributed by atoms with E-state index in [1.54, 1.807) is 10.7 Å². The van der Waals surface area contributed by atoms with Crippen molar-refractivity contribution < 1.29 is 4.21 Å². The highest BCUT2D eigenvalue weighted by atomic mass is 32.2. The van der Waals surface area contributed by atoms with Crippen LogP contribution in [0, 0.1) is 0 Å². The van der Waals surface area contributed by atoms with Gasteiger partial charge in [-0.1, -0.05) is 25.1 Å². The van der Waals surface area contributed by atoms with Gasteiger partial charge < -0.3 is 0 Å². The predicted octanol–water partition coefficient (Wildman–Crippen LogP) is 1.82. The van der Waals surface area contributed by atoms with Crippen molar-refractivity contribution in [1.82, 2.24) is 14.7 Å². The Morgan fingerprint density at radius 3 is 2.75 bits per heavy atom. The monoisotopic (exact) mass is 345 g/mol. The molecule has 0 N–H and O–H groups in total. The van der Waals surface area contributed by atoms with Crippen LogP contribution in [0.15, 0.2) is 46.1 Å². The molecule has 0 saturated heterocycles. The topological polar surface area (TPSA) is 55.2 Å². The summed E-state index contributed by atoms with van der Waals surface area (Å²) in [6.07, 6.45) is 1.75. The summed E-state index contributed by atoms with van der Waals surface area (Å²) in [5.41, 5.74) is 2.03. The van der Waals surface area contributed by atoms with E-state index in [0.717, 1.165) is 48.6 Å². The molecule has 2 heterocycles. The smallest absolute Gasteiger partial charge is 0.267 e. The predicted molar refractivity (Wildman–Crippen MR) is 95.5 cm³/mol. The van der Waals surface area contributed by atoms with Gasteiger partial charge in [-0.2, -0.15) is 5.10 Å². The second-order valence-electron chi connectivity index (χ2n) is 6.07. The van der Waals surface area contributed by atoms with Crippen molar-refractivity contribution in [3.63, 3.8) is 0 Å². The highest BCUT2D eigenvalue weighted by molar-refractivity contribution is 7.85. The molecule has 128 valence electrons. The van der Waals surface area contributed by atoms with Crippen molar-refractivity contribution in [3.8, 4) is 0 Å². The maximum atomic E-state index is 12.3. The van der Waals surface area contributed by atoms with Crippen LogP contribution in [0.1, 0.15) is 24.6 Å². The Labute approximate surface area is 144 Å². The molecule has 24 heavy (non-hydrogen) atoms. The van der Waals surface area contributed by atoms with E-state index in [1.165, 1.54) is 0 Å². The largest absolute Gasteiger partial charge is 0.298 e.